The van der Waals surface area contributed by atoms with Crippen LogP contribution in [0, 0.1) is 5.82 Å². The molecular formula is C19H20ClFN2O. The van der Waals surface area contributed by atoms with Crippen molar-refractivity contribution in [2.75, 3.05) is 25.1 Å². The largest absolute Gasteiger partial charge is 0.496 e. The van der Waals surface area contributed by atoms with Gasteiger partial charge in [-0.05, 0) is 49.6 Å². The molecule has 3 rings (SSSR count). The maximum atomic E-state index is 13.2. The minimum Gasteiger partial charge on any atom is -0.496 e. The molecule has 24 heavy (non-hydrogen) atoms. The molecule has 1 aliphatic rings. The molecule has 2 aromatic rings. The van der Waals surface area contributed by atoms with E-state index in [1.807, 2.05) is 12.1 Å². The SMILES string of the molecule is COc1cc(N2CCCCC2)ccc1C=Nc1ccc(F)c(Cl)c1. The van der Waals surface area contributed by atoms with Crippen molar-refractivity contribution in [3.63, 3.8) is 0 Å². The Bertz CT molecular complexity index is 742. The topological polar surface area (TPSA) is 24.8 Å². The fourth-order valence-corrected chi connectivity index (χ4v) is 3.04. The molecule has 0 saturated carbocycles. The highest BCUT2D eigenvalue weighted by Crippen LogP contribution is 2.28. The average Bonchev–Trinajstić information content (AvgIpc) is 2.63. The van der Waals surface area contributed by atoms with Crippen LogP contribution in [0.5, 0.6) is 5.75 Å². The zero-order chi connectivity index (χ0) is 16.9. The molecule has 0 N–H and O–H groups in total. The molecule has 1 aliphatic heterocycles. The number of methoxy groups -OCH3 is 1. The fourth-order valence-electron chi connectivity index (χ4n) is 2.86. The first kappa shape index (κ1) is 16.8. The molecule has 0 spiro atoms. The molecule has 2 aromatic carbocycles. The number of hydrogen-bond acceptors (Lipinski definition) is 3. The van der Waals surface area contributed by atoms with Crippen molar-refractivity contribution in [3.05, 3.63) is 52.8 Å². The molecular weight excluding hydrogens is 327 g/mol. The van der Waals surface area contributed by atoms with Gasteiger partial charge in [0.15, 0.2) is 0 Å². The normalized spacial score (nSPS) is 15.0. The van der Waals surface area contributed by atoms with E-state index < -0.39 is 5.82 Å². The molecule has 126 valence electrons. The predicted octanol–water partition coefficient (Wildman–Crippen LogP) is 5.23. The van der Waals surface area contributed by atoms with E-state index in [0.717, 1.165) is 24.4 Å². The first-order valence-corrected chi connectivity index (χ1v) is 8.47. The zero-order valence-corrected chi connectivity index (χ0v) is 14.4. The summed E-state index contributed by atoms with van der Waals surface area (Å²) >= 11 is 5.78. The average molecular weight is 347 g/mol. The minimum atomic E-state index is -0.445. The summed E-state index contributed by atoms with van der Waals surface area (Å²) in [7, 11) is 1.65. The van der Waals surface area contributed by atoms with E-state index in [0.29, 0.717) is 5.69 Å². The number of halogens is 2. The highest BCUT2D eigenvalue weighted by atomic mass is 35.5. The second kappa shape index (κ2) is 7.67. The summed E-state index contributed by atoms with van der Waals surface area (Å²) in [6.07, 6.45) is 5.48. The predicted molar refractivity (Wildman–Crippen MR) is 97.7 cm³/mol. The van der Waals surface area contributed by atoms with E-state index in [4.69, 9.17) is 16.3 Å². The molecule has 0 atom stereocenters. The number of aliphatic imine (C=N–C) groups is 1. The number of rotatable bonds is 4. The lowest BCUT2D eigenvalue weighted by Crippen LogP contribution is -2.29. The van der Waals surface area contributed by atoms with Crippen molar-refractivity contribution in [3.8, 4) is 5.75 Å². The van der Waals surface area contributed by atoms with Crippen molar-refractivity contribution >= 4 is 29.2 Å². The van der Waals surface area contributed by atoms with Crippen molar-refractivity contribution in [1.29, 1.82) is 0 Å². The van der Waals surface area contributed by atoms with Crippen LogP contribution in [0.4, 0.5) is 15.8 Å². The molecule has 0 radical (unpaired) electrons. The van der Waals surface area contributed by atoms with Crippen molar-refractivity contribution in [1.82, 2.24) is 0 Å². The van der Waals surface area contributed by atoms with Crippen LogP contribution in [0.2, 0.25) is 5.02 Å². The molecule has 5 heteroatoms. The highest BCUT2D eigenvalue weighted by molar-refractivity contribution is 6.31. The molecule has 0 unspecified atom stereocenters. The third-order valence-corrected chi connectivity index (χ3v) is 4.48. The lowest BCUT2D eigenvalue weighted by molar-refractivity contribution is 0.414. The van der Waals surface area contributed by atoms with Gasteiger partial charge in [-0.25, -0.2) is 4.39 Å². The highest BCUT2D eigenvalue weighted by Gasteiger charge is 2.12. The molecule has 1 saturated heterocycles. The van der Waals surface area contributed by atoms with Gasteiger partial charge in [0.05, 0.1) is 17.8 Å². The van der Waals surface area contributed by atoms with Crippen LogP contribution >= 0.6 is 11.6 Å². The van der Waals surface area contributed by atoms with Gasteiger partial charge in [0, 0.05) is 36.6 Å². The quantitative estimate of drug-likeness (QED) is 0.708. The van der Waals surface area contributed by atoms with Gasteiger partial charge in [-0.3, -0.25) is 4.99 Å². The lowest BCUT2D eigenvalue weighted by atomic mass is 10.1. The Morgan fingerprint density at radius 3 is 2.62 bits per heavy atom. The Balaban J connectivity index is 1.82. The Labute approximate surface area is 146 Å². The Morgan fingerprint density at radius 2 is 1.92 bits per heavy atom. The van der Waals surface area contributed by atoms with E-state index >= 15 is 0 Å². The van der Waals surface area contributed by atoms with Crippen LogP contribution in [0.15, 0.2) is 41.4 Å². The number of benzene rings is 2. The van der Waals surface area contributed by atoms with Crippen LogP contribution in [-0.4, -0.2) is 26.4 Å². The zero-order valence-electron chi connectivity index (χ0n) is 13.6. The van der Waals surface area contributed by atoms with Crippen molar-refractivity contribution in [2.24, 2.45) is 4.99 Å². The van der Waals surface area contributed by atoms with Gasteiger partial charge >= 0.3 is 0 Å². The second-order valence-electron chi connectivity index (χ2n) is 5.83. The third kappa shape index (κ3) is 3.88. The molecule has 0 amide bonds. The van der Waals surface area contributed by atoms with E-state index in [1.54, 1.807) is 19.4 Å². The Kier molecular flexibility index (Phi) is 5.36. The van der Waals surface area contributed by atoms with Crippen LogP contribution in [0.3, 0.4) is 0 Å². The summed E-state index contributed by atoms with van der Waals surface area (Å²) in [6, 6.07) is 10.5. The van der Waals surface area contributed by atoms with Crippen LogP contribution < -0.4 is 9.64 Å². The van der Waals surface area contributed by atoms with Gasteiger partial charge in [-0.15, -0.1) is 0 Å². The number of ether oxygens (including phenoxy) is 1. The molecule has 1 heterocycles. The smallest absolute Gasteiger partial charge is 0.141 e. The number of hydrogen-bond donors (Lipinski definition) is 0. The van der Waals surface area contributed by atoms with Gasteiger partial charge in [-0.1, -0.05) is 11.6 Å². The molecule has 3 nitrogen and oxygen atoms in total. The Hall–Kier alpha value is -2.07. The summed E-state index contributed by atoms with van der Waals surface area (Å²) in [5.41, 5.74) is 2.65. The number of piperidine rings is 1. The summed E-state index contributed by atoms with van der Waals surface area (Å²) in [5.74, 6) is 0.328. The number of nitrogens with zero attached hydrogens (tertiary/aromatic N) is 2. The van der Waals surface area contributed by atoms with Crippen LogP contribution in [-0.2, 0) is 0 Å². The second-order valence-corrected chi connectivity index (χ2v) is 6.24. The van der Waals surface area contributed by atoms with E-state index in [1.165, 1.54) is 37.1 Å². The lowest BCUT2D eigenvalue weighted by Gasteiger charge is -2.29. The fraction of sp³-hybridized carbons (Fsp3) is 0.316. The standard InChI is InChI=1S/C19H20ClFN2O/c1-24-19-12-16(23-9-3-2-4-10-23)7-5-14(19)13-22-15-6-8-18(21)17(20)11-15/h5-8,11-13H,2-4,9-10H2,1H3. The first-order valence-electron chi connectivity index (χ1n) is 8.09. The monoisotopic (exact) mass is 346 g/mol. The summed E-state index contributed by atoms with van der Waals surface area (Å²) in [4.78, 5) is 6.74. The van der Waals surface area contributed by atoms with E-state index in [-0.39, 0.29) is 5.02 Å². The van der Waals surface area contributed by atoms with E-state index in [9.17, 15) is 4.39 Å². The van der Waals surface area contributed by atoms with Crippen molar-refractivity contribution in [2.45, 2.75) is 19.3 Å². The molecule has 0 aromatic heterocycles. The maximum absolute atomic E-state index is 13.2. The van der Waals surface area contributed by atoms with Crippen LogP contribution in [0.25, 0.3) is 0 Å². The minimum absolute atomic E-state index is 0.0667. The van der Waals surface area contributed by atoms with Gasteiger partial charge in [0.2, 0.25) is 0 Å². The van der Waals surface area contributed by atoms with Gasteiger partial charge in [-0.2, -0.15) is 0 Å². The maximum Gasteiger partial charge on any atom is 0.141 e. The Morgan fingerprint density at radius 1 is 1.12 bits per heavy atom. The third-order valence-electron chi connectivity index (χ3n) is 4.19. The first-order chi connectivity index (χ1) is 11.7. The molecule has 0 aliphatic carbocycles. The summed E-state index contributed by atoms with van der Waals surface area (Å²) in [5, 5.41) is 0.0667. The van der Waals surface area contributed by atoms with Crippen LogP contribution in [0.1, 0.15) is 24.8 Å². The summed E-state index contributed by atoms with van der Waals surface area (Å²) in [6.45, 7) is 2.18. The van der Waals surface area contributed by atoms with Gasteiger partial charge in [0.25, 0.3) is 0 Å². The summed E-state index contributed by atoms with van der Waals surface area (Å²) < 4.78 is 18.7. The molecule has 0 bridgehead atoms. The van der Waals surface area contributed by atoms with Gasteiger partial charge in [0.1, 0.15) is 11.6 Å². The van der Waals surface area contributed by atoms with E-state index in [2.05, 4.69) is 16.0 Å². The van der Waals surface area contributed by atoms with Crippen molar-refractivity contribution < 1.29 is 9.13 Å². The number of anilines is 1. The van der Waals surface area contributed by atoms with Gasteiger partial charge < -0.3 is 9.64 Å². The molecule has 1 fully saturated rings.